The van der Waals surface area contributed by atoms with Gasteiger partial charge in [-0.25, -0.2) is 9.78 Å². The minimum Gasteiger partial charge on any atom is -0.444 e. The van der Waals surface area contributed by atoms with Crippen LogP contribution in [0.15, 0.2) is 24.4 Å². The molecule has 24 heavy (non-hydrogen) atoms. The van der Waals surface area contributed by atoms with Gasteiger partial charge >= 0.3 is 6.09 Å². The lowest BCUT2D eigenvalue weighted by Crippen LogP contribution is -2.57. The number of aromatic nitrogens is 1. The lowest BCUT2D eigenvalue weighted by Gasteiger charge is -2.44. The van der Waals surface area contributed by atoms with Gasteiger partial charge in [0.1, 0.15) is 17.4 Å². The van der Waals surface area contributed by atoms with E-state index in [4.69, 9.17) is 9.47 Å². The highest BCUT2D eigenvalue weighted by Crippen LogP contribution is 2.34. The molecular weight excluding hydrogens is 306 g/mol. The number of pyridine rings is 1. The molecule has 0 spiro atoms. The van der Waals surface area contributed by atoms with Crippen molar-refractivity contribution in [2.75, 3.05) is 13.2 Å². The monoisotopic (exact) mass is 327 g/mol. The van der Waals surface area contributed by atoms with Crippen LogP contribution < -0.4 is 0 Å². The van der Waals surface area contributed by atoms with Gasteiger partial charge in [0.15, 0.2) is 0 Å². The highest BCUT2D eigenvalue weighted by atomic mass is 16.6. The van der Waals surface area contributed by atoms with Crippen molar-refractivity contribution < 1.29 is 14.3 Å². The molecule has 2 aliphatic rings. The maximum atomic E-state index is 12.5. The molecule has 0 aliphatic carbocycles. The van der Waals surface area contributed by atoms with Crippen molar-refractivity contribution in [3.63, 3.8) is 0 Å². The zero-order valence-corrected chi connectivity index (χ0v) is 14.2. The second-order valence-electron chi connectivity index (χ2n) is 7.05. The van der Waals surface area contributed by atoms with Gasteiger partial charge in [0, 0.05) is 11.8 Å². The first-order valence-electron chi connectivity index (χ1n) is 8.04. The Morgan fingerprint density at radius 2 is 2.25 bits per heavy atom. The van der Waals surface area contributed by atoms with Gasteiger partial charge < -0.3 is 9.47 Å². The van der Waals surface area contributed by atoms with Crippen LogP contribution in [0.25, 0.3) is 5.57 Å². The van der Waals surface area contributed by atoms with Crippen LogP contribution in [0.5, 0.6) is 0 Å². The summed E-state index contributed by atoms with van der Waals surface area (Å²) in [6.07, 6.45) is 3.92. The molecule has 1 fully saturated rings. The lowest BCUT2D eigenvalue weighted by molar-refractivity contribution is -0.0510. The van der Waals surface area contributed by atoms with E-state index in [9.17, 15) is 10.1 Å². The normalized spacial score (nSPS) is 23.2. The van der Waals surface area contributed by atoms with Crippen LogP contribution in [-0.4, -0.2) is 46.9 Å². The predicted molar refractivity (Wildman–Crippen MR) is 88.0 cm³/mol. The van der Waals surface area contributed by atoms with Gasteiger partial charge in [0.25, 0.3) is 0 Å². The minimum absolute atomic E-state index is 0.0923. The Hall–Kier alpha value is -2.39. The van der Waals surface area contributed by atoms with Crippen LogP contribution in [0.1, 0.15) is 38.4 Å². The van der Waals surface area contributed by atoms with E-state index >= 15 is 0 Å². The quantitative estimate of drug-likeness (QED) is 0.793. The first-order valence-corrected chi connectivity index (χ1v) is 8.04. The number of ether oxygens (including phenoxy) is 2. The number of amides is 1. The molecule has 2 bridgehead atoms. The Balaban J connectivity index is 1.91. The van der Waals surface area contributed by atoms with E-state index in [1.807, 2.05) is 39.0 Å². The minimum atomic E-state index is -0.534. The Morgan fingerprint density at radius 1 is 1.46 bits per heavy atom. The summed E-state index contributed by atoms with van der Waals surface area (Å²) in [5, 5.41) is 9.27. The fraction of sp³-hybridized carbons (Fsp3) is 0.500. The number of nitriles is 1. The topological polar surface area (TPSA) is 75.5 Å². The van der Waals surface area contributed by atoms with Crippen molar-refractivity contribution >= 4 is 11.7 Å². The zero-order chi connectivity index (χ0) is 17.3. The second-order valence-corrected chi connectivity index (χ2v) is 7.05. The van der Waals surface area contributed by atoms with Gasteiger partial charge in [0.05, 0.1) is 25.3 Å². The van der Waals surface area contributed by atoms with Gasteiger partial charge in [-0.15, -0.1) is 0 Å². The summed E-state index contributed by atoms with van der Waals surface area (Å²) in [5.74, 6) is 0. The molecule has 6 heteroatoms. The molecule has 3 rings (SSSR count). The molecule has 0 aromatic carbocycles. The molecule has 0 saturated carbocycles. The lowest BCUT2D eigenvalue weighted by atomic mass is 9.89. The van der Waals surface area contributed by atoms with Crippen LogP contribution in [0, 0.1) is 11.3 Å². The molecule has 0 N–H and O–H groups in total. The van der Waals surface area contributed by atoms with Gasteiger partial charge in [-0.1, -0.05) is 12.1 Å². The number of rotatable bonds is 1. The molecule has 1 amide bonds. The maximum Gasteiger partial charge on any atom is 0.411 e. The molecular formula is C18H21N3O3. The maximum absolute atomic E-state index is 12.5. The van der Waals surface area contributed by atoms with Crippen LogP contribution in [0.3, 0.4) is 0 Å². The Kier molecular flexibility index (Phi) is 4.29. The van der Waals surface area contributed by atoms with E-state index in [0.29, 0.717) is 25.3 Å². The molecule has 1 saturated heterocycles. The number of nitrogens with zero attached hydrogens (tertiary/aromatic N) is 3. The van der Waals surface area contributed by atoms with E-state index in [-0.39, 0.29) is 18.2 Å². The highest BCUT2D eigenvalue weighted by molar-refractivity contribution is 5.76. The SMILES string of the molecule is CC(C)(C)OC(=O)N1C2C=C(c3cccnc3C#N)CC1COC2. The van der Waals surface area contributed by atoms with E-state index < -0.39 is 5.60 Å². The van der Waals surface area contributed by atoms with E-state index in [1.165, 1.54) is 0 Å². The van der Waals surface area contributed by atoms with Crippen LogP contribution in [-0.2, 0) is 9.47 Å². The Bertz CT molecular complexity index is 715. The van der Waals surface area contributed by atoms with Crippen molar-refractivity contribution in [2.24, 2.45) is 0 Å². The molecule has 6 nitrogen and oxygen atoms in total. The largest absolute Gasteiger partial charge is 0.444 e. The van der Waals surface area contributed by atoms with Crippen molar-refractivity contribution in [3.05, 3.63) is 35.7 Å². The smallest absolute Gasteiger partial charge is 0.411 e. The van der Waals surface area contributed by atoms with Gasteiger partial charge in [-0.2, -0.15) is 5.26 Å². The molecule has 0 radical (unpaired) electrons. The third-order valence-electron chi connectivity index (χ3n) is 4.06. The fourth-order valence-corrected chi connectivity index (χ4v) is 3.15. The zero-order valence-electron chi connectivity index (χ0n) is 14.2. The van der Waals surface area contributed by atoms with Crippen LogP contribution >= 0.6 is 0 Å². The molecule has 2 aliphatic heterocycles. The third kappa shape index (κ3) is 3.26. The predicted octanol–water partition coefficient (Wildman–Crippen LogP) is 2.74. The van der Waals surface area contributed by atoms with Gasteiger partial charge in [0.2, 0.25) is 0 Å². The first kappa shape index (κ1) is 16.5. The summed E-state index contributed by atoms with van der Waals surface area (Å²) >= 11 is 0. The fourth-order valence-electron chi connectivity index (χ4n) is 3.15. The summed E-state index contributed by atoms with van der Waals surface area (Å²) in [5.41, 5.74) is 1.75. The number of hydrogen-bond acceptors (Lipinski definition) is 5. The summed E-state index contributed by atoms with van der Waals surface area (Å²) in [6, 6.07) is 5.58. The van der Waals surface area contributed by atoms with Crippen molar-refractivity contribution in [1.29, 1.82) is 5.26 Å². The van der Waals surface area contributed by atoms with Crippen molar-refractivity contribution in [1.82, 2.24) is 9.88 Å². The van der Waals surface area contributed by atoms with Crippen molar-refractivity contribution in [2.45, 2.75) is 44.9 Å². The van der Waals surface area contributed by atoms with Gasteiger partial charge in [-0.3, -0.25) is 4.90 Å². The highest BCUT2D eigenvalue weighted by Gasteiger charge is 2.40. The average molecular weight is 327 g/mol. The molecule has 2 unspecified atom stereocenters. The standard InChI is InChI=1S/C18H21N3O3/c1-18(2,3)24-17(22)21-13-7-12(8-14(21)11-23-10-13)15-5-4-6-20-16(15)9-19/h4-7,13-14H,8,10-11H2,1-3H3. The number of morpholine rings is 1. The van der Waals surface area contributed by atoms with Crippen molar-refractivity contribution in [3.8, 4) is 6.07 Å². The molecule has 3 heterocycles. The van der Waals surface area contributed by atoms with Crippen LogP contribution in [0.2, 0.25) is 0 Å². The van der Waals surface area contributed by atoms with E-state index in [1.54, 1.807) is 11.1 Å². The second kappa shape index (κ2) is 6.25. The number of carbonyl (C=O) groups excluding carboxylic acids is 1. The molecule has 126 valence electrons. The molecule has 1 aromatic rings. The number of carbonyl (C=O) groups is 1. The number of fused-ring (bicyclic) bond motifs is 2. The summed E-state index contributed by atoms with van der Waals surface area (Å²) in [6.45, 7) is 6.47. The third-order valence-corrected chi connectivity index (χ3v) is 4.06. The first-order chi connectivity index (χ1) is 11.4. The summed E-state index contributed by atoms with van der Waals surface area (Å²) in [4.78, 5) is 18.4. The number of hydrogen-bond donors (Lipinski definition) is 0. The molecule has 1 aromatic heterocycles. The van der Waals surface area contributed by atoms with E-state index in [0.717, 1.165) is 11.1 Å². The average Bonchev–Trinajstić information content (AvgIpc) is 2.52. The van der Waals surface area contributed by atoms with Crippen LogP contribution in [0.4, 0.5) is 4.79 Å². The molecule has 2 atom stereocenters. The Morgan fingerprint density at radius 3 is 2.92 bits per heavy atom. The Labute approximate surface area is 141 Å². The summed E-state index contributed by atoms with van der Waals surface area (Å²) in [7, 11) is 0. The summed E-state index contributed by atoms with van der Waals surface area (Å²) < 4.78 is 11.2. The van der Waals surface area contributed by atoms with Gasteiger partial charge in [-0.05, 0) is 38.8 Å². The van der Waals surface area contributed by atoms with E-state index in [2.05, 4.69) is 11.1 Å².